The van der Waals surface area contributed by atoms with Crippen molar-refractivity contribution < 1.29 is 14.3 Å². The molecular formula is C13H9FN4O2. The lowest BCUT2D eigenvalue weighted by Crippen LogP contribution is -2.07. The lowest BCUT2D eigenvalue weighted by Gasteiger charge is -2.10. The van der Waals surface area contributed by atoms with E-state index in [4.69, 9.17) is 16.1 Å². The van der Waals surface area contributed by atoms with Gasteiger partial charge in [0.05, 0.1) is 16.8 Å². The van der Waals surface area contributed by atoms with Crippen molar-refractivity contribution in [2.24, 2.45) is 0 Å². The molecule has 2 rings (SSSR count). The minimum atomic E-state index is -1.18. The van der Waals surface area contributed by atoms with Gasteiger partial charge in [0.15, 0.2) is 5.82 Å². The Kier molecular flexibility index (Phi) is 3.48. The van der Waals surface area contributed by atoms with Gasteiger partial charge in [0.2, 0.25) is 0 Å². The zero-order valence-corrected chi connectivity index (χ0v) is 10.1. The maximum atomic E-state index is 13.2. The van der Waals surface area contributed by atoms with Crippen molar-refractivity contribution in [1.29, 1.82) is 5.26 Å². The molecule has 0 unspecified atom stereocenters. The number of carboxylic acids is 1. The van der Waals surface area contributed by atoms with Gasteiger partial charge in [-0.2, -0.15) is 5.26 Å². The van der Waals surface area contributed by atoms with Gasteiger partial charge in [-0.1, -0.05) is 0 Å². The fourth-order valence-electron chi connectivity index (χ4n) is 1.58. The molecule has 0 radical (unpaired) electrons. The Morgan fingerprint density at radius 2 is 2.20 bits per heavy atom. The van der Waals surface area contributed by atoms with E-state index in [1.807, 2.05) is 0 Å². The van der Waals surface area contributed by atoms with Crippen molar-refractivity contribution in [3.05, 3.63) is 47.4 Å². The van der Waals surface area contributed by atoms with E-state index >= 15 is 0 Å². The third-order valence-corrected chi connectivity index (χ3v) is 2.57. The molecular weight excluding hydrogens is 263 g/mol. The highest BCUT2D eigenvalue weighted by Crippen LogP contribution is 2.24. The van der Waals surface area contributed by atoms with Crippen LogP contribution in [0.4, 0.5) is 21.6 Å². The van der Waals surface area contributed by atoms with Crippen LogP contribution >= 0.6 is 0 Å². The SMILES string of the molecule is N#Cc1cc(Nc2nccc(C(=O)O)c2N)ccc1F. The number of carboxylic acid groups (broad SMARTS) is 1. The van der Waals surface area contributed by atoms with Crippen molar-refractivity contribution in [1.82, 2.24) is 4.98 Å². The Morgan fingerprint density at radius 3 is 2.85 bits per heavy atom. The molecule has 4 N–H and O–H groups in total. The van der Waals surface area contributed by atoms with Gasteiger partial charge < -0.3 is 16.2 Å². The van der Waals surface area contributed by atoms with Crippen LogP contribution in [-0.2, 0) is 0 Å². The largest absolute Gasteiger partial charge is 0.478 e. The second-order valence-electron chi connectivity index (χ2n) is 3.86. The van der Waals surface area contributed by atoms with Crippen molar-refractivity contribution >= 4 is 23.2 Å². The normalized spacial score (nSPS) is 9.80. The van der Waals surface area contributed by atoms with Crippen molar-refractivity contribution in [2.45, 2.75) is 0 Å². The van der Waals surface area contributed by atoms with Gasteiger partial charge in [0.25, 0.3) is 0 Å². The van der Waals surface area contributed by atoms with Crippen LogP contribution in [0.15, 0.2) is 30.5 Å². The molecule has 0 fully saturated rings. The summed E-state index contributed by atoms with van der Waals surface area (Å²) in [5, 5.41) is 20.4. The lowest BCUT2D eigenvalue weighted by atomic mass is 10.2. The van der Waals surface area contributed by atoms with Crippen molar-refractivity contribution in [2.75, 3.05) is 11.1 Å². The predicted octanol–water partition coefficient (Wildman–Crippen LogP) is 2.12. The molecule has 2 aromatic rings. The molecule has 0 aliphatic heterocycles. The number of aromatic nitrogens is 1. The number of rotatable bonds is 3. The molecule has 0 saturated carbocycles. The van der Waals surface area contributed by atoms with E-state index in [0.29, 0.717) is 5.69 Å². The predicted molar refractivity (Wildman–Crippen MR) is 70.0 cm³/mol. The number of nitrogens with zero attached hydrogens (tertiary/aromatic N) is 2. The second kappa shape index (κ2) is 5.24. The smallest absolute Gasteiger partial charge is 0.337 e. The Labute approximate surface area is 113 Å². The monoisotopic (exact) mass is 272 g/mol. The molecule has 100 valence electrons. The van der Waals surface area contributed by atoms with Crippen LogP contribution in [0.25, 0.3) is 0 Å². The first-order chi connectivity index (χ1) is 9.52. The van der Waals surface area contributed by atoms with Crippen molar-refractivity contribution in [3.8, 4) is 6.07 Å². The van der Waals surface area contributed by atoms with Gasteiger partial charge in [-0.3, -0.25) is 0 Å². The van der Waals surface area contributed by atoms with Crippen LogP contribution in [0.5, 0.6) is 0 Å². The van der Waals surface area contributed by atoms with Crippen LogP contribution in [0.3, 0.4) is 0 Å². The fourth-order valence-corrected chi connectivity index (χ4v) is 1.58. The molecule has 1 aromatic carbocycles. The van der Waals surface area contributed by atoms with Crippen LogP contribution in [0.1, 0.15) is 15.9 Å². The first-order valence-corrected chi connectivity index (χ1v) is 5.47. The average molecular weight is 272 g/mol. The number of nitrogens with two attached hydrogens (primary N) is 1. The number of aromatic carboxylic acids is 1. The van der Waals surface area contributed by atoms with Crippen LogP contribution in [-0.4, -0.2) is 16.1 Å². The Balaban J connectivity index is 2.38. The number of pyridine rings is 1. The van der Waals surface area contributed by atoms with E-state index in [0.717, 1.165) is 6.07 Å². The molecule has 20 heavy (non-hydrogen) atoms. The molecule has 0 amide bonds. The van der Waals surface area contributed by atoms with E-state index in [9.17, 15) is 9.18 Å². The number of nitrogen functional groups attached to an aromatic ring is 1. The Morgan fingerprint density at radius 1 is 1.45 bits per heavy atom. The third-order valence-electron chi connectivity index (χ3n) is 2.57. The number of halogens is 1. The fraction of sp³-hybridized carbons (Fsp3) is 0. The number of carbonyl (C=O) groups is 1. The highest BCUT2D eigenvalue weighted by Gasteiger charge is 2.12. The molecule has 0 atom stereocenters. The van der Waals surface area contributed by atoms with Gasteiger partial charge in [0.1, 0.15) is 11.9 Å². The van der Waals surface area contributed by atoms with E-state index in [1.165, 1.54) is 24.4 Å². The summed E-state index contributed by atoms with van der Waals surface area (Å²) in [6.45, 7) is 0. The number of hydrogen-bond acceptors (Lipinski definition) is 5. The van der Waals surface area contributed by atoms with Gasteiger partial charge in [-0.25, -0.2) is 14.2 Å². The van der Waals surface area contributed by atoms with E-state index in [-0.39, 0.29) is 22.6 Å². The van der Waals surface area contributed by atoms with Crippen LogP contribution in [0, 0.1) is 17.1 Å². The summed E-state index contributed by atoms with van der Waals surface area (Å²) in [5.74, 6) is -1.69. The molecule has 6 nitrogen and oxygen atoms in total. The quantitative estimate of drug-likeness (QED) is 0.788. The number of nitriles is 1. The van der Waals surface area contributed by atoms with Crippen LogP contribution < -0.4 is 11.1 Å². The van der Waals surface area contributed by atoms with E-state index < -0.39 is 11.8 Å². The zero-order chi connectivity index (χ0) is 14.7. The topological polar surface area (TPSA) is 112 Å². The summed E-state index contributed by atoms with van der Waals surface area (Å²) in [6.07, 6.45) is 1.29. The number of benzene rings is 1. The number of anilines is 3. The molecule has 0 spiro atoms. The number of hydrogen-bond donors (Lipinski definition) is 3. The molecule has 0 saturated heterocycles. The third kappa shape index (κ3) is 2.49. The summed E-state index contributed by atoms with van der Waals surface area (Å²) in [6, 6.07) is 6.78. The highest BCUT2D eigenvalue weighted by atomic mass is 19.1. The summed E-state index contributed by atoms with van der Waals surface area (Å²) in [7, 11) is 0. The Hall–Kier alpha value is -3.14. The standard InChI is InChI=1S/C13H9FN4O2/c14-10-2-1-8(5-7(10)6-15)18-12-11(16)9(13(19)20)3-4-17-12/h1-5H,16H2,(H,17,18)(H,19,20). The summed E-state index contributed by atoms with van der Waals surface area (Å²) < 4.78 is 13.2. The van der Waals surface area contributed by atoms with E-state index in [1.54, 1.807) is 6.07 Å². The molecule has 0 bridgehead atoms. The van der Waals surface area contributed by atoms with Crippen LogP contribution in [0.2, 0.25) is 0 Å². The van der Waals surface area contributed by atoms with Crippen molar-refractivity contribution in [3.63, 3.8) is 0 Å². The van der Waals surface area contributed by atoms with Gasteiger partial charge in [-0.05, 0) is 24.3 Å². The minimum absolute atomic E-state index is 0.0390. The maximum absolute atomic E-state index is 13.2. The first kappa shape index (κ1) is 13.3. The molecule has 1 aromatic heterocycles. The minimum Gasteiger partial charge on any atom is -0.478 e. The summed E-state index contributed by atoms with van der Waals surface area (Å²) >= 11 is 0. The second-order valence-corrected chi connectivity index (χ2v) is 3.86. The molecule has 0 aliphatic carbocycles. The van der Waals surface area contributed by atoms with Gasteiger partial charge in [-0.15, -0.1) is 0 Å². The first-order valence-electron chi connectivity index (χ1n) is 5.47. The maximum Gasteiger partial charge on any atom is 0.337 e. The average Bonchev–Trinajstić information content (AvgIpc) is 2.42. The Bertz CT molecular complexity index is 725. The van der Waals surface area contributed by atoms with Gasteiger partial charge in [0, 0.05) is 11.9 Å². The molecule has 7 heteroatoms. The highest BCUT2D eigenvalue weighted by molar-refractivity contribution is 5.96. The van der Waals surface area contributed by atoms with Gasteiger partial charge >= 0.3 is 5.97 Å². The summed E-state index contributed by atoms with van der Waals surface area (Å²) in [4.78, 5) is 14.9. The summed E-state index contributed by atoms with van der Waals surface area (Å²) in [5.41, 5.74) is 5.80. The lowest BCUT2D eigenvalue weighted by molar-refractivity contribution is 0.0698. The molecule has 1 heterocycles. The molecule has 0 aliphatic rings. The zero-order valence-electron chi connectivity index (χ0n) is 10.1. The van der Waals surface area contributed by atoms with E-state index in [2.05, 4.69) is 10.3 Å². The number of nitrogens with one attached hydrogen (secondary N) is 1.